The van der Waals surface area contributed by atoms with Gasteiger partial charge in [-0.3, -0.25) is 0 Å². The lowest BCUT2D eigenvalue weighted by Gasteiger charge is -1.92. The van der Waals surface area contributed by atoms with Crippen LogP contribution in [-0.2, 0) is 0 Å². The molecular formula is C16H18BN. The van der Waals surface area contributed by atoms with Gasteiger partial charge in [-0.2, -0.15) is 0 Å². The SMILES string of the molecule is B.C1=CC=CNC=C1.c1ccc2ccccc2c1. The first kappa shape index (κ1) is 13.8. The Labute approximate surface area is 110 Å². The van der Waals surface area contributed by atoms with E-state index in [2.05, 4.69) is 53.8 Å². The summed E-state index contributed by atoms with van der Waals surface area (Å²) < 4.78 is 0. The molecule has 2 aromatic rings. The standard InChI is InChI=1S/C10H8.C6H7N.BH3/c1-2-6-10-8-4-3-7-9(10)5-1;1-2-4-6-7-5-3-1;/h1-8H;1-7H;1H3. The Morgan fingerprint density at radius 2 is 0.944 bits per heavy atom. The van der Waals surface area contributed by atoms with Crippen LogP contribution >= 0.6 is 0 Å². The average molecular weight is 235 g/mol. The van der Waals surface area contributed by atoms with E-state index in [1.165, 1.54) is 10.8 Å². The predicted octanol–water partition coefficient (Wildman–Crippen LogP) is 2.83. The molecule has 0 radical (unpaired) electrons. The molecule has 1 nitrogen and oxygen atoms in total. The van der Waals surface area contributed by atoms with Gasteiger partial charge in [0.05, 0.1) is 8.41 Å². The molecule has 2 aromatic carbocycles. The zero-order valence-corrected chi connectivity index (χ0v) is 9.58. The molecule has 0 bridgehead atoms. The van der Waals surface area contributed by atoms with E-state index < -0.39 is 0 Å². The Balaban J connectivity index is 0.000000181. The van der Waals surface area contributed by atoms with Crippen molar-refractivity contribution in [3.8, 4) is 0 Å². The van der Waals surface area contributed by atoms with Crippen LogP contribution in [0.2, 0.25) is 0 Å². The van der Waals surface area contributed by atoms with Gasteiger partial charge in [0.2, 0.25) is 0 Å². The fourth-order valence-electron chi connectivity index (χ4n) is 1.54. The van der Waals surface area contributed by atoms with E-state index in [0.717, 1.165) is 0 Å². The van der Waals surface area contributed by atoms with Crippen LogP contribution in [0.1, 0.15) is 0 Å². The maximum atomic E-state index is 2.92. The summed E-state index contributed by atoms with van der Waals surface area (Å²) in [6.07, 6.45) is 11.6. The Bertz CT molecular complexity index is 476. The summed E-state index contributed by atoms with van der Waals surface area (Å²) in [6, 6.07) is 16.7. The van der Waals surface area contributed by atoms with Crippen molar-refractivity contribution < 1.29 is 0 Å². The molecule has 1 aliphatic rings. The van der Waals surface area contributed by atoms with Gasteiger partial charge in [0.25, 0.3) is 0 Å². The van der Waals surface area contributed by atoms with Gasteiger partial charge in [0.1, 0.15) is 0 Å². The minimum absolute atomic E-state index is 0. The summed E-state index contributed by atoms with van der Waals surface area (Å²) in [5.74, 6) is 0. The summed E-state index contributed by atoms with van der Waals surface area (Å²) in [5.41, 5.74) is 0. The highest BCUT2D eigenvalue weighted by Crippen LogP contribution is 2.11. The van der Waals surface area contributed by atoms with Crippen LogP contribution in [0, 0.1) is 0 Å². The van der Waals surface area contributed by atoms with Gasteiger partial charge in [-0.25, -0.2) is 0 Å². The molecule has 0 aliphatic carbocycles. The van der Waals surface area contributed by atoms with Crippen LogP contribution in [0.15, 0.2) is 85.2 Å². The third-order valence-corrected chi connectivity index (χ3v) is 2.38. The Morgan fingerprint density at radius 3 is 1.33 bits per heavy atom. The average Bonchev–Trinajstić information content (AvgIpc) is 2.72. The van der Waals surface area contributed by atoms with Crippen molar-refractivity contribution in [2.75, 3.05) is 0 Å². The van der Waals surface area contributed by atoms with Crippen LogP contribution in [0.25, 0.3) is 10.8 Å². The van der Waals surface area contributed by atoms with Crippen LogP contribution in [0.3, 0.4) is 0 Å². The summed E-state index contributed by atoms with van der Waals surface area (Å²) in [7, 11) is 0. The number of allylic oxidation sites excluding steroid dienone is 4. The first-order valence-electron chi connectivity index (χ1n) is 5.65. The number of hydrogen-bond acceptors (Lipinski definition) is 1. The van der Waals surface area contributed by atoms with Crippen molar-refractivity contribution in [3.05, 3.63) is 85.2 Å². The summed E-state index contributed by atoms with van der Waals surface area (Å²) in [6.45, 7) is 0. The molecule has 0 unspecified atom stereocenters. The molecule has 3 rings (SSSR count). The quantitative estimate of drug-likeness (QED) is 0.692. The third kappa shape index (κ3) is 4.34. The second-order valence-corrected chi connectivity index (χ2v) is 3.62. The third-order valence-electron chi connectivity index (χ3n) is 2.38. The van der Waals surface area contributed by atoms with Gasteiger partial charge < -0.3 is 5.32 Å². The van der Waals surface area contributed by atoms with Crippen molar-refractivity contribution in [3.63, 3.8) is 0 Å². The Morgan fingerprint density at radius 1 is 0.556 bits per heavy atom. The molecule has 18 heavy (non-hydrogen) atoms. The van der Waals surface area contributed by atoms with Gasteiger partial charge in [-0.05, 0) is 22.9 Å². The lowest BCUT2D eigenvalue weighted by molar-refractivity contribution is 1.20. The number of rotatable bonds is 0. The Hall–Kier alpha value is -2.22. The summed E-state index contributed by atoms with van der Waals surface area (Å²) in [4.78, 5) is 0. The summed E-state index contributed by atoms with van der Waals surface area (Å²) in [5, 5.41) is 5.54. The molecule has 0 amide bonds. The maximum Gasteiger partial charge on any atom is 0.0814 e. The molecule has 1 heterocycles. The highest BCUT2D eigenvalue weighted by molar-refractivity contribution is 5.82. The largest absolute Gasteiger partial charge is 0.368 e. The normalized spacial score (nSPS) is 11.8. The van der Waals surface area contributed by atoms with E-state index in [0.29, 0.717) is 0 Å². The lowest BCUT2D eigenvalue weighted by Crippen LogP contribution is -1.87. The van der Waals surface area contributed by atoms with Gasteiger partial charge in [0, 0.05) is 12.4 Å². The van der Waals surface area contributed by atoms with E-state index in [1.54, 1.807) is 0 Å². The van der Waals surface area contributed by atoms with Crippen LogP contribution < -0.4 is 5.32 Å². The molecule has 1 N–H and O–H groups in total. The molecule has 0 saturated carbocycles. The van der Waals surface area contributed by atoms with Crippen molar-refractivity contribution in [2.45, 2.75) is 0 Å². The van der Waals surface area contributed by atoms with Crippen LogP contribution in [0.5, 0.6) is 0 Å². The van der Waals surface area contributed by atoms with Crippen molar-refractivity contribution in [1.82, 2.24) is 5.32 Å². The monoisotopic (exact) mass is 235 g/mol. The molecule has 0 spiro atoms. The van der Waals surface area contributed by atoms with E-state index in [9.17, 15) is 0 Å². The first-order chi connectivity index (χ1) is 8.47. The molecule has 90 valence electrons. The molecule has 0 atom stereocenters. The smallest absolute Gasteiger partial charge is 0.0814 e. The second kappa shape index (κ2) is 7.96. The minimum Gasteiger partial charge on any atom is -0.368 e. The zero-order chi connectivity index (χ0) is 11.8. The first-order valence-corrected chi connectivity index (χ1v) is 5.65. The molecule has 2 heteroatoms. The highest BCUT2D eigenvalue weighted by Gasteiger charge is 1.85. The van der Waals surface area contributed by atoms with E-state index in [-0.39, 0.29) is 8.41 Å². The number of hydrogen-bond donors (Lipinski definition) is 1. The van der Waals surface area contributed by atoms with E-state index in [1.807, 2.05) is 36.7 Å². The fraction of sp³-hybridized carbons (Fsp3) is 0. The van der Waals surface area contributed by atoms with Crippen molar-refractivity contribution in [2.24, 2.45) is 0 Å². The van der Waals surface area contributed by atoms with Crippen molar-refractivity contribution in [1.29, 1.82) is 0 Å². The Kier molecular flexibility index (Phi) is 6.13. The van der Waals surface area contributed by atoms with E-state index >= 15 is 0 Å². The minimum atomic E-state index is 0. The maximum absolute atomic E-state index is 2.92. The van der Waals surface area contributed by atoms with Gasteiger partial charge in [0.15, 0.2) is 0 Å². The van der Waals surface area contributed by atoms with Crippen LogP contribution in [-0.4, -0.2) is 8.41 Å². The number of nitrogens with one attached hydrogen (secondary N) is 1. The molecule has 0 saturated heterocycles. The van der Waals surface area contributed by atoms with Gasteiger partial charge >= 0.3 is 0 Å². The zero-order valence-electron chi connectivity index (χ0n) is 9.58. The second-order valence-electron chi connectivity index (χ2n) is 3.62. The molecule has 0 fully saturated rings. The topological polar surface area (TPSA) is 12.0 Å². The van der Waals surface area contributed by atoms with E-state index in [4.69, 9.17) is 0 Å². The van der Waals surface area contributed by atoms with Gasteiger partial charge in [-0.15, -0.1) is 0 Å². The van der Waals surface area contributed by atoms with Crippen molar-refractivity contribution >= 4 is 19.2 Å². The molecule has 1 aliphatic heterocycles. The molecule has 0 aromatic heterocycles. The lowest BCUT2D eigenvalue weighted by atomic mass is 10.1. The molecular weight excluding hydrogens is 217 g/mol. The van der Waals surface area contributed by atoms with Gasteiger partial charge in [-0.1, -0.05) is 60.7 Å². The number of fused-ring (bicyclic) bond motifs is 1. The predicted molar refractivity (Wildman–Crippen MR) is 84.4 cm³/mol. The number of benzene rings is 2. The fourth-order valence-corrected chi connectivity index (χ4v) is 1.54. The highest BCUT2D eigenvalue weighted by atomic mass is 14.8. The summed E-state index contributed by atoms with van der Waals surface area (Å²) >= 11 is 0. The van der Waals surface area contributed by atoms with Crippen LogP contribution in [0.4, 0.5) is 0 Å².